The van der Waals surface area contributed by atoms with Crippen LogP contribution in [0.1, 0.15) is 5.69 Å². The van der Waals surface area contributed by atoms with Crippen LogP contribution in [-0.4, -0.2) is 26.8 Å². The highest BCUT2D eigenvalue weighted by molar-refractivity contribution is 7.85. The molecule has 0 aliphatic heterocycles. The molecule has 84 valence electrons. The minimum atomic E-state index is -3.50. The van der Waals surface area contributed by atoms with Crippen LogP contribution in [0, 0.1) is 0 Å². The Morgan fingerprint density at radius 1 is 1.53 bits per heavy atom. The van der Waals surface area contributed by atoms with Crippen molar-refractivity contribution < 1.29 is 17.3 Å². The number of ether oxygens (including phenoxy) is 1. The van der Waals surface area contributed by atoms with Gasteiger partial charge in [-0.25, -0.2) is 0 Å². The number of nitrogens with zero attached hydrogens (tertiary/aromatic N) is 1. The van der Waals surface area contributed by atoms with Crippen molar-refractivity contribution in [2.24, 2.45) is 0 Å². The van der Waals surface area contributed by atoms with Crippen LogP contribution in [0.5, 0.6) is 5.75 Å². The van der Waals surface area contributed by atoms with Gasteiger partial charge in [-0.1, -0.05) is 11.6 Å². The summed E-state index contributed by atoms with van der Waals surface area (Å²) in [5.41, 5.74) is 0.343. The Kier molecular flexibility index (Phi) is 3.90. The fraction of sp³-hybridized carbons (Fsp3) is 0.375. The lowest BCUT2D eigenvalue weighted by Gasteiger charge is -2.08. The summed E-state index contributed by atoms with van der Waals surface area (Å²) in [6.07, 6.45) is 2.41. The van der Waals surface area contributed by atoms with Gasteiger partial charge in [0.15, 0.2) is 5.75 Å². The quantitative estimate of drug-likeness (QED) is 0.753. The maximum atomic E-state index is 10.8. The van der Waals surface area contributed by atoms with Gasteiger partial charge in [0.2, 0.25) is 0 Å². The normalized spacial score (nSPS) is 11.4. The topological polar surface area (TPSA) is 65.5 Å². The third-order valence-electron chi connectivity index (χ3n) is 1.54. The summed E-state index contributed by atoms with van der Waals surface area (Å²) in [7, 11) is -2.08. The second kappa shape index (κ2) is 4.78. The van der Waals surface area contributed by atoms with E-state index < -0.39 is 10.1 Å². The molecule has 15 heavy (non-hydrogen) atoms. The highest BCUT2D eigenvalue weighted by Gasteiger charge is 2.11. The zero-order valence-corrected chi connectivity index (χ0v) is 9.80. The zero-order chi connectivity index (χ0) is 11.5. The predicted molar refractivity (Wildman–Crippen MR) is 55.4 cm³/mol. The van der Waals surface area contributed by atoms with Crippen LogP contribution in [0.2, 0.25) is 5.02 Å². The standard InChI is InChI=1S/C8H10ClNO4S/c1-13-8-6(9)3-4-10-7(8)5-14-15(2,11)12/h3-4H,5H2,1-2H3. The number of pyridine rings is 1. The number of hydrogen-bond acceptors (Lipinski definition) is 5. The molecule has 0 aliphatic carbocycles. The van der Waals surface area contributed by atoms with Gasteiger partial charge in [0, 0.05) is 6.20 Å². The lowest BCUT2D eigenvalue weighted by atomic mass is 10.3. The van der Waals surface area contributed by atoms with Crippen molar-refractivity contribution in [2.45, 2.75) is 6.61 Å². The van der Waals surface area contributed by atoms with Crippen LogP contribution in [0.15, 0.2) is 12.3 Å². The van der Waals surface area contributed by atoms with E-state index in [9.17, 15) is 8.42 Å². The molecule has 0 N–H and O–H groups in total. The first-order chi connectivity index (χ1) is 6.94. The summed E-state index contributed by atoms with van der Waals surface area (Å²) in [5, 5.41) is 0.361. The smallest absolute Gasteiger partial charge is 0.264 e. The predicted octanol–water partition coefficient (Wildman–Crippen LogP) is 1.22. The van der Waals surface area contributed by atoms with Gasteiger partial charge in [-0.05, 0) is 6.07 Å². The molecule has 7 heteroatoms. The Labute approximate surface area is 93.1 Å². The van der Waals surface area contributed by atoms with E-state index in [1.54, 1.807) is 6.07 Å². The Morgan fingerprint density at radius 3 is 2.73 bits per heavy atom. The molecule has 0 saturated carbocycles. The minimum Gasteiger partial charge on any atom is -0.493 e. The third kappa shape index (κ3) is 3.65. The molecule has 0 radical (unpaired) electrons. The van der Waals surface area contributed by atoms with E-state index in [4.69, 9.17) is 16.3 Å². The highest BCUT2D eigenvalue weighted by Crippen LogP contribution is 2.26. The van der Waals surface area contributed by atoms with Gasteiger partial charge in [0.05, 0.1) is 18.4 Å². The molecule has 0 bridgehead atoms. The van der Waals surface area contributed by atoms with Crippen molar-refractivity contribution in [3.05, 3.63) is 23.0 Å². The van der Waals surface area contributed by atoms with Crippen LogP contribution in [0.4, 0.5) is 0 Å². The van der Waals surface area contributed by atoms with E-state index in [1.165, 1.54) is 13.3 Å². The van der Waals surface area contributed by atoms with Gasteiger partial charge in [0.25, 0.3) is 10.1 Å². The van der Waals surface area contributed by atoms with E-state index in [2.05, 4.69) is 9.17 Å². The average Bonchev–Trinajstić information content (AvgIpc) is 2.13. The fourth-order valence-corrected chi connectivity index (χ4v) is 1.51. The maximum Gasteiger partial charge on any atom is 0.264 e. The second-order valence-electron chi connectivity index (χ2n) is 2.74. The van der Waals surface area contributed by atoms with E-state index in [0.29, 0.717) is 16.5 Å². The molecule has 5 nitrogen and oxygen atoms in total. The number of methoxy groups -OCH3 is 1. The fourth-order valence-electron chi connectivity index (χ4n) is 0.946. The lowest BCUT2D eigenvalue weighted by molar-refractivity contribution is 0.297. The van der Waals surface area contributed by atoms with Crippen LogP contribution < -0.4 is 4.74 Å². The van der Waals surface area contributed by atoms with Gasteiger partial charge >= 0.3 is 0 Å². The summed E-state index contributed by atoms with van der Waals surface area (Å²) in [6, 6.07) is 1.55. The first-order valence-electron chi connectivity index (χ1n) is 3.96. The molecule has 0 atom stereocenters. The molecule has 0 fully saturated rings. The summed E-state index contributed by atoms with van der Waals surface area (Å²) in [5.74, 6) is 0.322. The SMILES string of the molecule is COc1c(Cl)ccnc1COS(C)(=O)=O. The van der Waals surface area contributed by atoms with E-state index in [0.717, 1.165) is 6.26 Å². The van der Waals surface area contributed by atoms with Crippen LogP contribution in [0.3, 0.4) is 0 Å². The van der Waals surface area contributed by atoms with Crippen LogP contribution in [-0.2, 0) is 20.9 Å². The van der Waals surface area contributed by atoms with Gasteiger partial charge in [0.1, 0.15) is 12.3 Å². The average molecular weight is 252 g/mol. The summed E-state index contributed by atoms with van der Waals surface area (Å²) < 4.78 is 31.1. The molecular formula is C8H10ClNO4S. The van der Waals surface area contributed by atoms with E-state index in [1.807, 2.05) is 0 Å². The Bertz CT molecular complexity index is 446. The number of halogens is 1. The van der Waals surface area contributed by atoms with E-state index in [-0.39, 0.29) is 6.61 Å². The van der Waals surface area contributed by atoms with Gasteiger partial charge < -0.3 is 4.74 Å². The molecule has 0 spiro atoms. The van der Waals surface area contributed by atoms with Gasteiger partial charge in [-0.15, -0.1) is 0 Å². The molecule has 1 aromatic rings. The largest absolute Gasteiger partial charge is 0.493 e. The summed E-state index contributed by atoms with van der Waals surface area (Å²) in [4.78, 5) is 3.91. The first kappa shape index (κ1) is 12.2. The monoisotopic (exact) mass is 251 g/mol. The molecule has 0 unspecified atom stereocenters. The molecule has 0 amide bonds. The molecule has 0 aromatic carbocycles. The highest BCUT2D eigenvalue weighted by atomic mass is 35.5. The number of aromatic nitrogens is 1. The van der Waals surface area contributed by atoms with E-state index >= 15 is 0 Å². The van der Waals surface area contributed by atoms with Gasteiger partial charge in [-0.3, -0.25) is 9.17 Å². The van der Waals surface area contributed by atoms with Crippen LogP contribution in [0.25, 0.3) is 0 Å². The van der Waals surface area contributed by atoms with Gasteiger partial charge in [-0.2, -0.15) is 8.42 Å². The molecule has 0 aliphatic rings. The molecular weight excluding hydrogens is 242 g/mol. The minimum absolute atomic E-state index is 0.192. The Balaban J connectivity index is 2.90. The molecule has 1 rings (SSSR count). The Morgan fingerprint density at radius 2 is 2.20 bits per heavy atom. The number of rotatable bonds is 4. The zero-order valence-electron chi connectivity index (χ0n) is 8.23. The van der Waals surface area contributed by atoms with Crippen molar-refractivity contribution in [1.29, 1.82) is 0 Å². The molecule has 1 heterocycles. The van der Waals surface area contributed by atoms with Crippen molar-refractivity contribution in [3.8, 4) is 5.75 Å². The van der Waals surface area contributed by atoms with Crippen molar-refractivity contribution in [2.75, 3.05) is 13.4 Å². The van der Waals surface area contributed by atoms with Crippen molar-refractivity contribution in [1.82, 2.24) is 4.98 Å². The molecule has 1 aromatic heterocycles. The van der Waals surface area contributed by atoms with Crippen molar-refractivity contribution in [3.63, 3.8) is 0 Å². The van der Waals surface area contributed by atoms with Crippen LogP contribution >= 0.6 is 11.6 Å². The second-order valence-corrected chi connectivity index (χ2v) is 4.79. The third-order valence-corrected chi connectivity index (χ3v) is 2.39. The summed E-state index contributed by atoms with van der Waals surface area (Å²) in [6.45, 7) is -0.192. The Hall–Kier alpha value is -0.850. The first-order valence-corrected chi connectivity index (χ1v) is 6.15. The summed E-state index contributed by atoms with van der Waals surface area (Å²) >= 11 is 5.81. The molecule has 0 saturated heterocycles. The lowest BCUT2D eigenvalue weighted by Crippen LogP contribution is -2.05. The van der Waals surface area contributed by atoms with Crippen molar-refractivity contribution >= 4 is 21.7 Å². The number of hydrogen-bond donors (Lipinski definition) is 0. The maximum absolute atomic E-state index is 10.8.